The summed E-state index contributed by atoms with van der Waals surface area (Å²) in [5, 5.41) is 17.9. The van der Waals surface area contributed by atoms with Gasteiger partial charge >= 0.3 is 12.4 Å². The van der Waals surface area contributed by atoms with E-state index in [4.69, 9.17) is 0 Å². The molecule has 1 aliphatic rings. The van der Waals surface area contributed by atoms with Gasteiger partial charge in [0, 0.05) is 5.56 Å². The minimum Gasteiger partial charge on any atom is -0.406 e. The number of halogens is 3. The van der Waals surface area contributed by atoms with Crippen LogP contribution < -0.4 is 15.1 Å². The second kappa shape index (κ2) is 12.2. The molecule has 0 spiro atoms. The monoisotopic (exact) mass is 604 g/mol. The Morgan fingerprint density at radius 1 is 1.14 bits per heavy atom. The van der Waals surface area contributed by atoms with Crippen molar-refractivity contribution >= 4 is 40.8 Å². The molecule has 216 valence electrons. The van der Waals surface area contributed by atoms with E-state index in [1.807, 2.05) is 6.92 Å². The number of rotatable bonds is 6. The highest BCUT2D eigenvalue weighted by molar-refractivity contribution is 8.15. The first-order valence-corrected chi connectivity index (χ1v) is 13.3. The van der Waals surface area contributed by atoms with Gasteiger partial charge in [0.1, 0.15) is 18.1 Å². The van der Waals surface area contributed by atoms with Gasteiger partial charge in [-0.25, -0.2) is 19.9 Å². The van der Waals surface area contributed by atoms with Crippen molar-refractivity contribution < 1.29 is 27.5 Å². The third-order valence-corrected chi connectivity index (χ3v) is 6.77. The van der Waals surface area contributed by atoms with Crippen LogP contribution in [0.25, 0.3) is 17.1 Å². The number of aromatic nitrogens is 3. The van der Waals surface area contributed by atoms with Gasteiger partial charge in [-0.1, -0.05) is 42.1 Å². The van der Waals surface area contributed by atoms with Gasteiger partial charge in [0.2, 0.25) is 5.91 Å². The first-order valence-electron chi connectivity index (χ1n) is 12.4. The smallest absolute Gasteiger partial charge is 0.406 e. The van der Waals surface area contributed by atoms with Crippen molar-refractivity contribution in [1.82, 2.24) is 20.2 Å². The summed E-state index contributed by atoms with van der Waals surface area (Å²) >= 11 is 1.08. The number of benzene rings is 3. The molecule has 2 heterocycles. The fourth-order valence-corrected chi connectivity index (χ4v) is 4.77. The standard InChI is InChI=1S/C28H19F3N8O3S/c1-17-2-5-20(13-32)23(12-17)39-24(40)15-43-27(39)35-26(41)36-34-14-18-3-6-19(7-4-18)25-33-16-38(37-25)21-8-10-22(11-9-21)42-28(29,30)31/h2-12,14,16H,15H2,1H3,(H,36,41)/b34-14+,35-27-. The Bertz CT molecular complexity index is 1780. The van der Waals surface area contributed by atoms with Gasteiger partial charge in [-0.3, -0.25) is 9.69 Å². The van der Waals surface area contributed by atoms with E-state index in [2.05, 4.69) is 36.4 Å². The van der Waals surface area contributed by atoms with Gasteiger partial charge in [0.05, 0.1) is 28.9 Å². The number of urea groups is 1. The number of ether oxygens (including phenoxy) is 1. The van der Waals surface area contributed by atoms with Crippen LogP contribution in [0.15, 0.2) is 83.2 Å². The number of nitriles is 1. The van der Waals surface area contributed by atoms with Crippen molar-refractivity contribution in [3.05, 3.63) is 89.7 Å². The highest BCUT2D eigenvalue weighted by Gasteiger charge is 2.32. The molecule has 0 bridgehead atoms. The van der Waals surface area contributed by atoms with Crippen molar-refractivity contribution in [3.63, 3.8) is 0 Å². The molecule has 15 heteroatoms. The van der Waals surface area contributed by atoms with E-state index in [-0.39, 0.29) is 28.1 Å². The quantitative estimate of drug-likeness (QED) is 0.236. The number of amidine groups is 1. The van der Waals surface area contributed by atoms with Crippen molar-refractivity contribution in [1.29, 1.82) is 5.26 Å². The molecule has 0 saturated carbocycles. The fourth-order valence-electron chi connectivity index (χ4n) is 3.92. The number of alkyl halides is 3. The zero-order valence-electron chi connectivity index (χ0n) is 22.1. The molecule has 11 nitrogen and oxygen atoms in total. The Morgan fingerprint density at radius 3 is 2.58 bits per heavy atom. The maximum absolute atomic E-state index is 12.5. The van der Waals surface area contributed by atoms with Crippen LogP contribution in [0.5, 0.6) is 5.75 Å². The molecule has 0 radical (unpaired) electrons. The number of nitrogens with one attached hydrogen (secondary N) is 1. The van der Waals surface area contributed by atoms with Gasteiger partial charge in [-0.15, -0.1) is 18.3 Å². The Hall–Kier alpha value is -5.49. The zero-order chi connectivity index (χ0) is 30.6. The number of hydrazone groups is 1. The molecule has 4 aromatic rings. The predicted molar refractivity (Wildman–Crippen MR) is 153 cm³/mol. The van der Waals surface area contributed by atoms with E-state index in [1.165, 1.54) is 46.4 Å². The number of thioether (sulfide) groups is 1. The molecule has 1 aliphatic heterocycles. The van der Waals surface area contributed by atoms with E-state index in [0.29, 0.717) is 28.3 Å². The van der Waals surface area contributed by atoms with E-state index in [0.717, 1.165) is 17.3 Å². The third kappa shape index (κ3) is 7.05. The summed E-state index contributed by atoms with van der Waals surface area (Å²) in [7, 11) is 0. The lowest BCUT2D eigenvalue weighted by Crippen LogP contribution is -2.31. The lowest BCUT2D eigenvalue weighted by atomic mass is 10.1. The summed E-state index contributed by atoms with van der Waals surface area (Å²) < 4.78 is 42.4. The molecule has 5 rings (SSSR count). The summed E-state index contributed by atoms with van der Waals surface area (Å²) in [6.45, 7) is 1.83. The molecular weight excluding hydrogens is 585 g/mol. The van der Waals surface area contributed by atoms with Crippen LogP contribution in [0.1, 0.15) is 16.7 Å². The van der Waals surface area contributed by atoms with Crippen LogP contribution in [0.3, 0.4) is 0 Å². The maximum Gasteiger partial charge on any atom is 0.573 e. The van der Waals surface area contributed by atoms with Gasteiger partial charge in [0.15, 0.2) is 11.0 Å². The molecule has 1 N–H and O–H groups in total. The number of nitrogens with zero attached hydrogens (tertiary/aromatic N) is 7. The van der Waals surface area contributed by atoms with Crippen molar-refractivity contribution in [2.24, 2.45) is 10.1 Å². The lowest BCUT2D eigenvalue weighted by molar-refractivity contribution is -0.274. The minimum absolute atomic E-state index is 0.0802. The first-order chi connectivity index (χ1) is 20.6. The number of anilines is 1. The average molecular weight is 605 g/mol. The number of carbonyl (C=O) groups is 2. The number of hydrogen-bond acceptors (Lipinski definition) is 8. The molecule has 1 saturated heterocycles. The topological polar surface area (TPSA) is 138 Å². The van der Waals surface area contributed by atoms with Gasteiger partial charge in [0.25, 0.3) is 0 Å². The average Bonchev–Trinajstić information content (AvgIpc) is 3.60. The molecule has 0 aliphatic carbocycles. The zero-order valence-corrected chi connectivity index (χ0v) is 22.9. The molecule has 1 aromatic heterocycles. The summed E-state index contributed by atoms with van der Waals surface area (Å²) in [5.74, 6) is -0.181. The predicted octanol–water partition coefficient (Wildman–Crippen LogP) is 5.19. The Balaban J connectivity index is 1.21. The number of hydrogen-bond donors (Lipinski definition) is 1. The largest absolute Gasteiger partial charge is 0.573 e. The lowest BCUT2D eigenvalue weighted by Gasteiger charge is -2.17. The van der Waals surface area contributed by atoms with Gasteiger partial charge in [-0.05, 0) is 54.4 Å². The summed E-state index contributed by atoms with van der Waals surface area (Å²) in [6.07, 6.45) is -1.95. The summed E-state index contributed by atoms with van der Waals surface area (Å²) in [4.78, 5) is 34.4. The molecule has 0 unspecified atom stereocenters. The fraction of sp³-hybridized carbons (Fsp3) is 0.107. The second-order valence-electron chi connectivity index (χ2n) is 8.90. The molecule has 3 amide bonds. The number of aryl methyl sites for hydroxylation is 1. The number of aliphatic imine (C=N–C) groups is 1. The van der Waals surface area contributed by atoms with Crippen LogP contribution in [-0.4, -0.2) is 50.2 Å². The molecular formula is C28H19F3N8O3S. The first kappa shape index (κ1) is 29.0. The van der Waals surface area contributed by atoms with E-state index >= 15 is 0 Å². The molecule has 0 atom stereocenters. The van der Waals surface area contributed by atoms with Crippen molar-refractivity contribution in [2.75, 3.05) is 10.7 Å². The van der Waals surface area contributed by atoms with Gasteiger partial charge < -0.3 is 4.74 Å². The molecule has 43 heavy (non-hydrogen) atoms. The normalized spacial score (nSPS) is 14.3. The highest BCUT2D eigenvalue weighted by Crippen LogP contribution is 2.30. The van der Waals surface area contributed by atoms with Crippen molar-refractivity contribution in [2.45, 2.75) is 13.3 Å². The number of carbonyl (C=O) groups excluding carboxylic acids is 2. The van der Waals surface area contributed by atoms with Crippen LogP contribution in [0.2, 0.25) is 0 Å². The van der Waals surface area contributed by atoms with Crippen LogP contribution >= 0.6 is 11.8 Å². The third-order valence-electron chi connectivity index (χ3n) is 5.85. The van der Waals surface area contributed by atoms with Crippen LogP contribution in [-0.2, 0) is 4.79 Å². The van der Waals surface area contributed by atoms with Gasteiger partial charge in [-0.2, -0.15) is 15.4 Å². The van der Waals surface area contributed by atoms with Crippen LogP contribution in [0, 0.1) is 18.3 Å². The number of amides is 3. The summed E-state index contributed by atoms with van der Waals surface area (Å²) in [5.41, 5.74) is 5.58. The Morgan fingerprint density at radius 2 is 1.88 bits per heavy atom. The Labute approximate surface area is 246 Å². The van der Waals surface area contributed by atoms with E-state index in [1.54, 1.807) is 42.5 Å². The highest BCUT2D eigenvalue weighted by atomic mass is 32.2. The van der Waals surface area contributed by atoms with Crippen LogP contribution in [0.4, 0.5) is 23.7 Å². The minimum atomic E-state index is -4.77. The second-order valence-corrected chi connectivity index (χ2v) is 9.84. The molecule has 3 aromatic carbocycles. The maximum atomic E-state index is 12.5. The Kier molecular flexibility index (Phi) is 8.21. The molecule has 1 fully saturated rings. The summed E-state index contributed by atoms with van der Waals surface area (Å²) in [6, 6.07) is 18.4. The van der Waals surface area contributed by atoms with E-state index in [9.17, 15) is 28.0 Å². The SMILES string of the molecule is Cc1ccc(C#N)c(N2C(=O)CS/C2=N\C(=O)N/N=C/c2ccc(-c3ncn(-c4ccc(OC(F)(F)F)cc4)n3)cc2)c1. The van der Waals surface area contributed by atoms with Crippen molar-refractivity contribution in [3.8, 4) is 28.9 Å². The van der Waals surface area contributed by atoms with E-state index < -0.39 is 12.4 Å².